The first-order valence-corrected chi connectivity index (χ1v) is 11.7. The van der Waals surface area contributed by atoms with E-state index in [1.54, 1.807) is 58.4 Å². The zero-order valence-electron chi connectivity index (χ0n) is 19.9. The Morgan fingerprint density at radius 1 is 1.17 bits per heavy atom. The van der Waals surface area contributed by atoms with Crippen molar-refractivity contribution < 1.29 is 23.1 Å². The molecule has 3 N–H and O–H groups in total. The second-order valence-electron chi connectivity index (χ2n) is 7.76. The van der Waals surface area contributed by atoms with Crippen molar-refractivity contribution in [1.82, 2.24) is 14.9 Å². The summed E-state index contributed by atoms with van der Waals surface area (Å²) in [5, 5.41) is 3.32. The van der Waals surface area contributed by atoms with Gasteiger partial charge in [-0.3, -0.25) is 4.79 Å². The number of nitrogens with one attached hydrogen (secondary N) is 3. The van der Waals surface area contributed by atoms with Crippen LogP contribution in [0.3, 0.4) is 0 Å². The van der Waals surface area contributed by atoms with Gasteiger partial charge in [0.25, 0.3) is 0 Å². The zero-order chi connectivity index (χ0) is 25.5. The SMILES string of the molecule is CCC(=O)NCc1c(Cc2cccc(NSNC)c2F)c(=O)oc2cc(OC(=O)N(C)C)ccc12. The quantitative estimate of drug-likeness (QED) is 0.299. The van der Waals surface area contributed by atoms with Crippen molar-refractivity contribution in [2.24, 2.45) is 0 Å². The molecule has 0 spiro atoms. The molecule has 0 unspecified atom stereocenters. The van der Waals surface area contributed by atoms with Crippen LogP contribution in [0.1, 0.15) is 30.0 Å². The summed E-state index contributed by atoms with van der Waals surface area (Å²) in [7, 11) is 4.79. The fraction of sp³-hybridized carbons (Fsp3) is 0.292. The lowest BCUT2D eigenvalue weighted by atomic mass is 9.97. The van der Waals surface area contributed by atoms with Crippen molar-refractivity contribution in [3.05, 3.63) is 69.3 Å². The van der Waals surface area contributed by atoms with Crippen LogP contribution in [-0.2, 0) is 17.8 Å². The summed E-state index contributed by atoms with van der Waals surface area (Å²) in [4.78, 5) is 38.2. The van der Waals surface area contributed by atoms with E-state index in [1.807, 2.05) is 0 Å². The maximum Gasteiger partial charge on any atom is 0.414 e. The summed E-state index contributed by atoms with van der Waals surface area (Å²) in [6.45, 7) is 1.77. The number of benzene rings is 2. The van der Waals surface area contributed by atoms with Crippen LogP contribution >= 0.6 is 12.1 Å². The molecule has 2 amide bonds. The highest BCUT2D eigenvalue weighted by molar-refractivity contribution is 7.98. The molecule has 0 radical (unpaired) electrons. The summed E-state index contributed by atoms with van der Waals surface area (Å²) in [5.41, 5.74) is 0.801. The Kier molecular flexibility index (Phi) is 8.72. The maximum atomic E-state index is 15.1. The van der Waals surface area contributed by atoms with Crippen molar-refractivity contribution in [3.63, 3.8) is 0 Å². The Hall–Kier alpha value is -3.57. The third kappa shape index (κ3) is 6.31. The smallest absolute Gasteiger partial charge is 0.414 e. The maximum absolute atomic E-state index is 15.1. The molecule has 0 saturated carbocycles. The van der Waals surface area contributed by atoms with Gasteiger partial charge in [0.2, 0.25) is 5.91 Å². The van der Waals surface area contributed by atoms with E-state index in [4.69, 9.17) is 9.15 Å². The lowest BCUT2D eigenvalue weighted by Crippen LogP contribution is -2.25. The Labute approximate surface area is 206 Å². The molecule has 9 nitrogen and oxygen atoms in total. The molecule has 0 bridgehead atoms. The first-order valence-electron chi connectivity index (χ1n) is 10.9. The van der Waals surface area contributed by atoms with Gasteiger partial charge in [-0.05, 0) is 36.4 Å². The van der Waals surface area contributed by atoms with Crippen LogP contribution in [0.2, 0.25) is 0 Å². The predicted molar refractivity (Wildman–Crippen MR) is 134 cm³/mol. The lowest BCUT2D eigenvalue weighted by Gasteiger charge is -2.15. The van der Waals surface area contributed by atoms with Gasteiger partial charge in [-0.2, -0.15) is 0 Å². The molecule has 11 heteroatoms. The van der Waals surface area contributed by atoms with E-state index < -0.39 is 17.5 Å². The number of anilines is 1. The zero-order valence-corrected chi connectivity index (χ0v) is 20.7. The van der Waals surface area contributed by atoms with Crippen molar-refractivity contribution >= 4 is 40.8 Å². The van der Waals surface area contributed by atoms with Crippen LogP contribution in [0.15, 0.2) is 45.6 Å². The van der Waals surface area contributed by atoms with Gasteiger partial charge in [0.15, 0.2) is 5.82 Å². The monoisotopic (exact) mass is 502 g/mol. The molecular weight excluding hydrogens is 475 g/mol. The summed E-state index contributed by atoms with van der Waals surface area (Å²) in [5.74, 6) is -0.498. The van der Waals surface area contributed by atoms with Gasteiger partial charge >= 0.3 is 11.7 Å². The molecular formula is C24H27FN4O5S. The van der Waals surface area contributed by atoms with Crippen LogP contribution < -0.4 is 25.1 Å². The number of ether oxygens (including phenoxy) is 1. The Morgan fingerprint density at radius 2 is 1.94 bits per heavy atom. The number of carbonyl (C=O) groups is 2. The number of fused-ring (bicyclic) bond motifs is 1. The lowest BCUT2D eigenvalue weighted by molar-refractivity contribution is -0.120. The van der Waals surface area contributed by atoms with Gasteiger partial charge in [-0.25, -0.2) is 18.7 Å². The van der Waals surface area contributed by atoms with Crippen molar-refractivity contribution in [2.75, 3.05) is 25.9 Å². The predicted octanol–water partition coefficient (Wildman–Crippen LogP) is 3.80. The molecule has 35 heavy (non-hydrogen) atoms. The van der Waals surface area contributed by atoms with E-state index in [0.29, 0.717) is 10.9 Å². The molecule has 1 heterocycles. The molecule has 0 fully saturated rings. The molecule has 0 atom stereocenters. The number of rotatable bonds is 9. The molecule has 0 saturated heterocycles. The summed E-state index contributed by atoms with van der Waals surface area (Å²) in [6, 6.07) is 9.51. The Bertz CT molecular complexity index is 1290. The first kappa shape index (κ1) is 26.0. The van der Waals surface area contributed by atoms with Crippen molar-refractivity contribution in [3.8, 4) is 5.75 Å². The largest absolute Gasteiger partial charge is 0.422 e. The van der Waals surface area contributed by atoms with Gasteiger partial charge in [-0.15, -0.1) is 0 Å². The fourth-order valence-corrected chi connectivity index (χ4v) is 3.69. The molecule has 3 rings (SSSR count). The molecule has 1 aromatic heterocycles. The third-order valence-electron chi connectivity index (χ3n) is 5.15. The number of hydrogen-bond acceptors (Lipinski definition) is 8. The topological polar surface area (TPSA) is 113 Å². The van der Waals surface area contributed by atoms with Gasteiger partial charge in [0.05, 0.1) is 5.69 Å². The van der Waals surface area contributed by atoms with Crippen LogP contribution in [0.25, 0.3) is 11.0 Å². The van der Waals surface area contributed by atoms with Crippen LogP contribution in [0.5, 0.6) is 5.75 Å². The molecule has 186 valence electrons. The highest BCUT2D eigenvalue weighted by Gasteiger charge is 2.19. The van der Waals surface area contributed by atoms with Gasteiger partial charge in [0, 0.05) is 62.6 Å². The number of hydrogen-bond donors (Lipinski definition) is 3. The minimum Gasteiger partial charge on any atom is -0.422 e. The van der Waals surface area contributed by atoms with Crippen molar-refractivity contribution in [2.45, 2.75) is 26.3 Å². The molecule has 2 aromatic carbocycles. The van der Waals surface area contributed by atoms with Gasteiger partial charge < -0.3 is 24.1 Å². The highest BCUT2D eigenvalue weighted by Crippen LogP contribution is 2.28. The normalized spacial score (nSPS) is 10.8. The number of nitrogens with zero attached hydrogens (tertiary/aromatic N) is 1. The van der Waals surface area contributed by atoms with Crippen LogP contribution in [0.4, 0.5) is 14.9 Å². The Morgan fingerprint density at radius 3 is 2.63 bits per heavy atom. The Balaban J connectivity index is 2.08. The summed E-state index contributed by atoms with van der Waals surface area (Å²) in [6.07, 6.45) is -0.359. The van der Waals surface area contributed by atoms with Crippen molar-refractivity contribution in [1.29, 1.82) is 0 Å². The standard InChI is InChI=1S/C24H27FN4O5S/c1-5-21(30)27-13-18-16-10-9-15(33-24(32)29(3)4)12-20(16)34-23(31)17(18)11-14-7-6-8-19(22(14)25)28-35-26-2/h6-10,12,26,28H,5,11,13H2,1-4H3,(H,27,30). The minimum absolute atomic E-state index is 0.0431. The second kappa shape index (κ2) is 11.7. The average molecular weight is 503 g/mol. The third-order valence-corrected chi connectivity index (χ3v) is 5.68. The highest BCUT2D eigenvalue weighted by atomic mass is 32.2. The summed E-state index contributed by atoms with van der Waals surface area (Å²) < 4.78 is 31.6. The van der Waals surface area contributed by atoms with E-state index in [1.165, 1.54) is 11.0 Å². The average Bonchev–Trinajstić information content (AvgIpc) is 2.83. The van der Waals surface area contributed by atoms with E-state index in [2.05, 4.69) is 14.8 Å². The number of carbonyl (C=O) groups excluding carboxylic acids is 2. The number of amides is 2. The second-order valence-corrected chi connectivity index (χ2v) is 8.58. The van der Waals surface area contributed by atoms with E-state index in [-0.39, 0.29) is 53.4 Å². The molecule has 3 aromatic rings. The minimum atomic E-state index is -0.670. The van der Waals surface area contributed by atoms with E-state index in [0.717, 1.165) is 12.1 Å². The molecule has 0 aliphatic heterocycles. The van der Waals surface area contributed by atoms with E-state index >= 15 is 4.39 Å². The van der Waals surface area contributed by atoms with Gasteiger partial charge in [0.1, 0.15) is 11.3 Å². The number of halogens is 1. The first-order chi connectivity index (χ1) is 16.7. The molecule has 0 aliphatic rings. The fourth-order valence-electron chi connectivity index (χ4n) is 3.32. The van der Waals surface area contributed by atoms with E-state index in [9.17, 15) is 14.4 Å². The molecule has 0 aliphatic carbocycles. The van der Waals surface area contributed by atoms with Crippen LogP contribution in [0, 0.1) is 5.82 Å². The van der Waals surface area contributed by atoms with Crippen LogP contribution in [-0.4, -0.2) is 38.0 Å². The van der Waals surface area contributed by atoms with Gasteiger partial charge in [-0.1, -0.05) is 19.1 Å². The summed E-state index contributed by atoms with van der Waals surface area (Å²) >= 11 is 1.11.